The van der Waals surface area contributed by atoms with Crippen LogP contribution >= 0.6 is 15.9 Å². The molecule has 0 amide bonds. The van der Waals surface area contributed by atoms with Crippen molar-refractivity contribution in [1.82, 2.24) is 24.5 Å². The lowest BCUT2D eigenvalue weighted by molar-refractivity contribution is 0.621. The summed E-state index contributed by atoms with van der Waals surface area (Å²) >= 11 is 3.48. The van der Waals surface area contributed by atoms with Crippen molar-refractivity contribution in [1.29, 1.82) is 0 Å². The summed E-state index contributed by atoms with van der Waals surface area (Å²) in [4.78, 5) is 4.25. The molecule has 2 heterocycles. The fourth-order valence-electron chi connectivity index (χ4n) is 2.21. The number of hydrogen-bond acceptors (Lipinski definition) is 4. The molecule has 6 nitrogen and oxygen atoms in total. The number of benzene rings is 1. The van der Waals surface area contributed by atoms with Crippen LogP contribution in [0.1, 0.15) is 12.7 Å². The van der Waals surface area contributed by atoms with Crippen LogP contribution < -0.4 is 5.32 Å². The van der Waals surface area contributed by atoms with E-state index < -0.39 is 0 Å². The first kappa shape index (κ1) is 13.1. The fraction of sp³-hybridized carbons (Fsp3) is 0.308. The van der Waals surface area contributed by atoms with Gasteiger partial charge >= 0.3 is 0 Å². The molecule has 3 rings (SSSR count). The first-order valence-corrected chi connectivity index (χ1v) is 7.21. The van der Waals surface area contributed by atoms with Crippen molar-refractivity contribution in [3.8, 4) is 0 Å². The van der Waals surface area contributed by atoms with E-state index in [2.05, 4.69) is 48.6 Å². The second-order valence-electron chi connectivity index (χ2n) is 4.48. The normalized spacial score (nSPS) is 11.2. The highest BCUT2D eigenvalue weighted by molar-refractivity contribution is 9.10. The van der Waals surface area contributed by atoms with E-state index in [1.54, 1.807) is 6.33 Å². The SMILES string of the molecule is CCn1ncnc1CNc1nn(C)c2cc(Br)ccc12. The van der Waals surface area contributed by atoms with Gasteiger partial charge in [0.05, 0.1) is 12.1 Å². The fourth-order valence-corrected chi connectivity index (χ4v) is 2.56. The van der Waals surface area contributed by atoms with E-state index in [0.717, 1.165) is 33.6 Å². The van der Waals surface area contributed by atoms with E-state index in [-0.39, 0.29) is 0 Å². The Kier molecular flexibility index (Phi) is 3.43. The Bertz CT molecular complexity index is 744. The lowest BCUT2D eigenvalue weighted by Crippen LogP contribution is -2.09. The van der Waals surface area contributed by atoms with Gasteiger partial charge in [-0.1, -0.05) is 15.9 Å². The molecule has 0 unspecified atom stereocenters. The lowest BCUT2D eigenvalue weighted by atomic mass is 10.2. The van der Waals surface area contributed by atoms with Crippen molar-refractivity contribution in [2.24, 2.45) is 7.05 Å². The van der Waals surface area contributed by atoms with Gasteiger partial charge in [-0.15, -0.1) is 0 Å². The van der Waals surface area contributed by atoms with Crippen molar-refractivity contribution in [2.75, 3.05) is 5.32 Å². The van der Waals surface area contributed by atoms with Crippen LogP contribution in [-0.4, -0.2) is 24.5 Å². The zero-order valence-electron chi connectivity index (χ0n) is 11.3. The molecule has 0 aliphatic carbocycles. The Morgan fingerprint density at radius 1 is 1.35 bits per heavy atom. The number of aromatic nitrogens is 5. The summed E-state index contributed by atoms with van der Waals surface area (Å²) in [6.07, 6.45) is 1.58. The zero-order valence-corrected chi connectivity index (χ0v) is 12.9. The molecule has 2 aromatic heterocycles. The van der Waals surface area contributed by atoms with Crippen LogP contribution in [0.2, 0.25) is 0 Å². The zero-order chi connectivity index (χ0) is 14.1. The summed E-state index contributed by atoms with van der Waals surface area (Å²) in [6.45, 7) is 3.47. The minimum atomic E-state index is 0.607. The summed E-state index contributed by atoms with van der Waals surface area (Å²) < 4.78 is 4.78. The highest BCUT2D eigenvalue weighted by Gasteiger charge is 2.10. The molecule has 0 saturated carbocycles. The Morgan fingerprint density at radius 2 is 2.20 bits per heavy atom. The quantitative estimate of drug-likeness (QED) is 0.796. The number of aryl methyl sites for hydroxylation is 2. The summed E-state index contributed by atoms with van der Waals surface area (Å²) in [5.41, 5.74) is 1.08. The van der Waals surface area contributed by atoms with E-state index in [1.807, 2.05) is 29.4 Å². The maximum absolute atomic E-state index is 4.51. The molecule has 0 aliphatic heterocycles. The lowest BCUT2D eigenvalue weighted by Gasteiger charge is -2.04. The molecule has 1 aromatic carbocycles. The number of hydrogen-bond donors (Lipinski definition) is 1. The molecular formula is C13H15BrN6. The number of nitrogens with one attached hydrogen (secondary N) is 1. The highest BCUT2D eigenvalue weighted by atomic mass is 79.9. The number of anilines is 1. The highest BCUT2D eigenvalue weighted by Crippen LogP contribution is 2.25. The summed E-state index contributed by atoms with van der Waals surface area (Å²) in [5.74, 6) is 1.77. The molecule has 7 heteroatoms. The first-order valence-electron chi connectivity index (χ1n) is 6.42. The minimum Gasteiger partial charge on any atom is -0.361 e. The van der Waals surface area contributed by atoms with Crippen LogP contribution in [0.5, 0.6) is 0 Å². The van der Waals surface area contributed by atoms with Crippen LogP contribution in [0.25, 0.3) is 10.9 Å². The topological polar surface area (TPSA) is 60.6 Å². The third-order valence-corrected chi connectivity index (χ3v) is 3.72. The molecule has 0 bridgehead atoms. The van der Waals surface area contributed by atoms with Gasteiger partial charge in [-0.05, 0) is 25.1 Å². The number of nitrogens with zero attached hydrogens (tertiary/aromatic N) is 5. The van der Waals surface area contributed by atoms with Crippen LogP contribution in [0.15, 0.2) is 29.0 Å². The van der Waals surface area contributed by atoms with Gasteiger partial charge < -0.3 is 5.32 Å². The minimum absolute atomic E-state index is 0.607. The standard InChI is InChI=1S/C13H15BrN6/c1-3-20-12(16-8-17-20)7-15-13-10-5-4-9(14)6-11(10)19(2)18-13/h4-6,8H,3,7H2,1-2H3,(H,15,18). The molecular weight excluding hydrogens is 320 g/mol. The summed E-state index contributed by atoms with van der Waals surface area (Å²) in [6, 6.07) is 6.13. The molecule has 0 fully saturated rings. The Morgan fingerprint density at radius 3 is 3.00 bits per heavy atom. The van der Waals surface area contributed by atoms with Gasteiger partial charge in [-0.3, -0.25) is 4.68 Å². The maximum atomic E-state index is 4.51. The van der Waals surface area contributed by atoms with Gasteiger partial charge in [-0.2, -0.15) is 10.2 Å². The summed E-state index contributed by atoms with van der Waals surface area (Å²) in [7, 11) is 1.94. The van der Waals surface area contributed by atoms with E-state index in [0.29, 0.717) is 6.54 Å². The van der Waals surface area contributed by atoms with E-state index in [4.69, 9.17) is 0 Å². The molecule has 1 N–H and O–H groups in total. The third-order valence-electron chi connectivity index (χ3n) is 3.22. The van der Waals surface area contributed by atoms with Crippen LogP contribution in [0.3, 0.4) is 0 Å². The third kappa shape index (κ3) is 2.29. The van der Waals surface area contributed by atoms with Gasteiger partial charge in [0.2, 0.25) is 0 Å². The Labute approximate surface area is 124 Å². The molecule has 20 heavy (non-hydrogen) atoms. The number of fused-ring (bicyclic) bond motifs is 1. The van der Waals surface area contributed by atoms with Crippen molar-refractivity contribution >= 4 is 32.7 Å². The van der Waals surface area contributed by atoms with Crippen molar-refractivity contribution in [3.05, 3.63) is 34.8 Å². The average Bonchev–Trinajstić information content (AvgIpc) is 3.01. The monoisotopic (exact) mass is 334 g/mol. The molecule has 0 atom stereocenters. The molecule has 104 valence electrons. The van der Waals surface area contributed by atoms with Gasteiger partial charge in [-0.25, -0.2) is 9.67 Å². The molecule has 0 spiro atoms. The maximum Gasteiger partial charge on any atom is 0.156 e. The molecule has 0 aliphatic rings. The van der Waals surface area contributed by atoms with Gasteiger partial charge in [0, 0.05) is 23.5 Å². The molecule has 0 saturated heterocycles. The van der Waals surface area contributed by atoms with Gasteiger partial charge in [0.1, 0.15) is 12.2 Å². The van der Waals surface area contributed by atoms with Crippen LogP contribution in [0.4, 0.5) is 5.82 Å². The van der Waals surface area contributed by atoms with Gasteiger partial charge in [0.15, 0.2) is 5.82 Å². The van der Waals surface area contributed by atoms with Gasteiger partial charge in [0.25, 0.3) is 0 Å². The Balaban J connectivity index is 1.88. The predicted molar refractivity (Wildman–Crippen MR) is 81.4 cm³/mol. The van der Waals surface area contributed by atoms with Crippen molar-refractivity contribution < 1.29 is 0 Å². The van der Waals surface area contributed by atoms with Crippen LogP contribution in [-0.2, 0) is 20.1 Å². The van der Waals surface area contributed by atoms with E-state index in [1.165, 1.54) is 0 Å². The Hall–Kier alpha value is -1.89. The van der Waals surface area contributed by atoms with Crippen LogP contribution in [0, 0.1) is 0 Å². The number of halogens is 1. The van der Waals surface area contributed by atoms with Crippen molar-refractivity contribution in [3.63, 3.8) is 0 Å². The predicted octanol–water partition coefficient (Wildman–Crippen LogP) is 2.56. The molecule has 3 aromatic rings. The molecule has 0 radical (unpaired) electrons. The first-order chi connectivity index (χ1) is 9.69. The second-order valence-corrected chi connectivity index (χ2v) is 5.39. The second kappa shape index (κ2) is 5.24. The van der Waals surface area contributed by atoms with Crippen molar-refractivity contribution in [2.45, 2.75) is 20.0 Å². The number of rotatable bonds is 4. The van der Waals surface area contributed by atoms with E-state index in [9.17, 15) is 0 Å². The largest absolute Gasteiger partial charge is 0.361 e. The van der Waals surface area contributed by atoms with E-state index >= 15 is 0 Å². The smallest absolute Gasteiger partial charge is 0.156 e. The average molecular weight is 335 g/mol. The summed E-state index contributed by atoms with van der Waals surface area (Å²) in [5, 5.41) is 13.1.